The van der Waals surface area contributed by atoms with Gasteiger partial charge >= 0.3 is 5.69 Å². The fourth-order valence-corrected chi connectivity index (χ4v) is 5.45. The summed E-state index contributed by atoms with van der Waals surface area (Å²) in [6, 6.07) is 0.301. The Kier molecular flexibility index (Phi) is 4.06. The van der Waals surface area contributed by atoms with Gasteiger partial charge in [-0.15, -0.1) is 0 Å². The van der Waals surface area contributed by atoms with Crippen LogP contribution >= 0.6 is 0 Å². The molecule has 0 radical (unpaired) electrons. The number of morpholine rings is 1. The van der Waals surface area contributed by atoms with E-state index in [4.69, 9.17) is 4.74 Å². The van der Waals surface area contributed by atoms with Crippen LogP contribution in [0.5, 0.6) is 0 Å². The van der Waals surface area contributed by atoms with Crippen molar-refractivity contribution in [1.82, 2.24) is 9.97 Å². The van der Waals surface area contributed by atoms with Crippen molar-refractivity contribution in [1.29, 1.82) is 0 Å². The number of anilines is 2. The van der Waals surface area contributed by atoms with Gasteiger partial charge in [0.1, 0.15) is 6.33 Å². The summed E-state index contributed by atoms with van der Waals surface area (Å²) in [6.07, 6.45) is 4.73. The first-order valence-corrected chi connectivity index (χ1v) is 9.37. The third kappa shape index (κ3) is 3.00. The molecule has 0 aromatic carbocycles. The summed E-state index contributed by atoms with van der Waals surface area (Å²) in [4.78, 5) is 24.5. The van der Waals surface area contributed by atoms with Crippen molar-refractivity contribution in [2.45, 2.75) is 46.1 Å². The third-order valence-electron chi connectivity index (χ3n) is 5.96. The molecule has 3 aliphatic rings. The summed E-state index contributed by atoms with van der Waals surface area (Å²) in [5.74, 6) is 0.909. The lowest BCUT2D eigenvalue weighted by Gasteiger charge is -2.39. The minimum atomic E-state index is -0.310. The van der Waals surface area contributed by atoms with Crippen LogP contribution in [0.15, 0.2) is 6.33 Å². The highest BCUT2D eigenvalue weighted by atomic mass is 16.6. The van der Waals surface area contributed by atoms with E-state index in [0.717, 1.165) is 25.8 Å². The van der Waals surface area contributed by atoms with Crippen molar-refractivity contribution in [3.05, 3.63) is 16.4 Å². The van der Waals surface area contributed by atoms with Gasteiger partial charge in [0.15, 0.2) is 0 Å². The average Bonchev–Trinajstić information content (AvgIpc) is 2.83. The number of nitro groups is 1. The van der Waals surface area contributed by atoms with Crippen molar-refractivity contribution in [3.8, 4) is 0 Å². The Labute approximate surface area is 153 Å². The van der Waals surface area contributed by atoms with Gasteiger partial charge in [0.2, 0.25) is 11.6 Å². The summed E-state index contributed by atoms with van der Waals surface area (Å²) in [5.41, 5.74) is 0.481. The van der Waals surface area contributed by atoms with Crippen LogP contribution in [0.4, 0.5) is 17.3 Å². The molecule has 1 aromatic heterocycles. The number of hydrogen-bond acceptors (Lipinski definition) is 7. The molecule has 142 valence electrons. The van der Waals surface area contributed by atoms with Crippen molar-refractivity contribution in [2.24, 2.45) is 10.8 Å². The zero-order valence-corrected chi connectivity index (χ0v) is 15.8. The third-order valence-corrected chi connectivity index (χ3v) is 5.96. The summed E-state index contributed by atoms with van der Waals surface area (Å²) in [7, 11) is 0. The minimum Gasteiger partial charge on any atom is -0.378 e. The van der Waals surface area contributed by atoms with Crippen molar-refractivity contribution in [3.63, 3.8) is 0 Å². The zero-order valence-electron chi connectivity index (χ0n) is 15.8. The van der Waals surface area contributed by atoms with E-state index in [0.29, 0.717) is 44.0 Å². The minimum absolute atomic E-state index is 0.0448. The van der Waals surface area contributed by atoms with E-state index in [9.17, 15) is 10.1 Å². The lowest BCUT2D eigenvalue weighted by atomic mass is 9.65. The lowest BCUT2D eigenvalue weighted by molar-refractivity contribution is -0.383. The first kappa shape index (κ1) is 17.5. The number of aromatic nitrogens is 2. The standard InChI is InChI=1S/C18H27N5O3/c1-17(2)8-13-9-18(3,10-17)11-22(13)16-14(23(24)25)15(19-12-20-16)21-4-6-26-7-5-21/h12-13H,4-11H2,1-3H3. The molecule has 2 saturated heterocycles. The van der Waals surface area contributed by atoms with E-state index in [1.807, 2.05) is 4.90 Å². The fourth-order valence-electron chi connectivity index (χ4n) is 5.45. The molecule has 1 aromatic rings. The van der Waals surface area contributed by atoms with E-state index >= 15 is 0 Å². The molecule has 1 saturated carbocycles. The smallest absolute Gasteiger partial charge is 0.353 e. The number of nitrogens with zero attached hydrogens (tertiary/aromatic N) is 5. The maximum atomic E-state index is 12.0. The monoisotopic (exact) mass is 361 g/mol. The van der Waals surface area contributed by atoms with Gasteiger partial charge < -0.3 is 14.5 Å². The van der Waals surface area contributed by atoms with Crippen LogP contribution in [0.1, 0.15) is 40.0 Å². The lowest BCUT2D eigenvalue weighted by Crippen LogP contribution is -2.38. The molecule has 3 heterocycles. The molecule has 8 heteroatoms. The second-order valence-electron chi connectivity index (χ2n) is 9.07. The van der Waals surface area contributed by atoms with Crippen LogP contribution in [-0.4, -0.2) is 53.8 Å². The number of fused-ring (bicyclic) bond motifs is 2. The van der Waals surface area contributed by atoms with Crippen LogP contribution < -0.4 is 9.80 Å². The Balaban J connectivity index is 1.74. The molecule has 0 spiro atoms. The maximum absolute atomic E-state index is 12.0. The molecule has 26 heavy (non-hydrogen) atoms. The van der Waals surface area contributed by atoms with Crippen molar-refractivity contribution >= 4 is 17.3 Å². The quantitative estimate of drug-likeness (QED) is 0.604. The Morgan fingerprint density at radius 3 is 2.58 bits per heavy atom. The predicted octanol–water partition coefficient (Wildman–Crippen LogP) is 2.63. The van der Waals surface area contributed by atoms with E-state index < -0.39 is 0 Å². The van der Waals surface area contributed by atoms with Crippen LogP contribution in [-0.2, 0) is 4.74 Å². The fraction of sp³-hybridized carbons (Fsp3) is 0.778. The van der Waals surface area contributed by atoms with E-state index in [1.165, 1.54) is 6.33 Å². The molecule has 2 unspecified atom stereocenters. The second-order valence-corrected chi connectivity index (χ2v) is 9.07. The molecule has 2 bridgehead atoms. The summed E-state index contributed by atoms with van der Waals surface area (Å²) >= 11 is 0. The molecule has 2 aliphatic heterocycles. The molecule has 0 N–H and O–H groups in total. The molecule has 8 nitrogen and oxygen atoms in total. The van der Waals surface area contributed by atoms with Crippen LogP contribution in [0.25, 0.3) is 0 Å². The van der Waals surface area contributed by atoms with Crippen molar-refractivity contribution < 1.29 is 9.66 Å². The highest BCUT2D eigenvalue weighted by Gasteiger charge is 2.51. The Morgan fingerprint density at radius 2 is 1.88 bits per heavy atom. The Hall–Kier alpha value is -1.96. The number of hydrogen-bond donors (Lipinski definition) is 0. The van der Waals surface area contributed by atoms with E-state index in [1.54, 1.807) is 0 Å². The SMILES string of the molecule is CC1(C)CC2CC(C)(CN2c2ncnc(N3CCOCC3)c2[N+](=O)[O-])C1. The Bertz CT molecular complexity index is 719. The molecule has 3 fully saturated rings. The number of rotatable bonds is 3. The number of ether oxygens (including phenoxy) is 1. The molecular weight excluding hydrogens is 334 g/mol. The van der Waals surface area contributed by atoms with Gasteiger partial charge in [-0.1, -0.05) is 20.8 Å². The van der Waals surface area contributed by atoms with Crippen LogP contribution in [0.3, 0.4) is 0 Å². The van der Waals surface area contributed by atoms with Gasteiger partial charge in [0.05, 0.1) is 18.1 Å². The van der Waals surface area contributed by atoms with Gasteiger partial charge in [0, 0.05) is 25.7 Å². The predicted molar refractivity (Wildman–Crippen MR) is 98.6 cm³/mol. The molecule has 1 aliphatic carbocycles. The van der Waals surface area contributed by atoms with Gasteiger partial charge in [-0.3, -0.25) is 10.1 Å². The van der Waals surface area contributed by atoms with Gasteiger partial charge in [-0.25, -0.2) is 9.97 Å². The topological polar surface area (TPSA) is 84.6 Å². The molecule has 2 atom stereocenters. The maximum Gasteiger partial charge on any atom is 0.353 e. The van der Waals surface area contributed by atoms with Crippen LogP contribution in [0, 0.1) is 20.9 Å². The van der Waals surface area contributed by atoms with Gasteiger partial charge in [0.25, 0.3) is 0 Å². The molecule has 0 amide bonds. The first-order chi connectivity index (χ1) is 12.3. The summed E-state index contributed by atoms with van der Waals surface area (Å²) in [5, 5.41) is 12.0. The summed E-state index contributed by atoms with van der Waals surface area (Å²) < 4.78 is 5.38. The average molecular weight is 361 g/mol. The highest BCUT2D eigenvalue weighted by Crippen LogP contribution is 2.54. The largest absolute Gasteiger partial charge is 0.378 e. The second kappa shape index (κ2) is 6.04. The van der Waals surface area contributed by atoms with Gasteiger partial charge in [-0.2, -0.15) is 0 Å². The molecule has 4 rings (SSSR count). The normalized spacial score (nSPS) is 30.5. The van der Waals surface area contributed by atoms with Gasteiger partial charge in [-0.05, 0) is 30.1 Å². The first-order valence-electron chi connectivity index (χ1n) is 9.37. The molecular formula is C18H27N5O3. The van der Waals surface area contributed by atoms with Crippen molar-refractivity contribution in [2.75, 3.05) is 42.6 Å². The highest BCUT2D eigenvalue weighted by molar-refractivity contribution is 5.72. The van der Waals surface area contributed by atoms with Crippen LogP contribution in [0.2, 0.25) is 0 Å². The van der Waals surface area contributed by atoms with E-state index in [-0.39, 0.29) is 21.4 Å². The Morgan fingerprint density at radius 1 is 1.19 bits per heavy atom. The summed E-state index contributed by atoms with van der Waals surface area (Å²) in [6.45, 7) is 10.1. The van der Waals surface area contributed by atoms with E-state index in [2.05, 4.69) is 35.6 Å². The zero-order chi connectivity index (χ0) is 18.5.